The van der Waals surface area contributed by atoms with E-state index < -0.39 is 74.6 Å². The summed E-state index contributed by atoms with van der Waals surface area (Å²) in [5.74, 6) is 0.0628. The first kappa shape index (κ1) is 29.3. The number of H-pyrrole nitrogens is 1. The van der Waals surface area contributed by atoms with Crippen molar-refractivity contribution >= 4 is 65.7 Å². The molecule has 0 radical (unpaired) electrons. The van der Waals surface area contributed by atoms with Crippen LogP contribution in [0.15, 0.2) is 30.1 Å². The van der Waals surface area contributed by atoms with Gasteiger partial charge in [-0.05, 0) is 11.8 Å². The topological polar surface area (TPSA) is 237 Å². The Morgan fingerprint density at radius 1 is 1.07 bits per heavy atom. The van der Waals surface area contributed by atoms with Crippen LogP contribution in [0.25, 0.3) is 22.3 Å². The van der Waals surface area contributed by atoms with Crippen LogP contribution in [0, 0.1) is 0 Å². The third kappa shape index (κ3) is 5.11. The van der Waals surface area contributed by atoms with Gasteiger partial charge in [0.1, 0.15) is 36.3 Å². The van der Waals surface area contributed by atoms with Gasteiger partial charge in [0.05, 0.1) is 37.7 Å². The zero-order valence-electron chi connectivity index (χ0n) is 21.4. The number of alkyl halides is 1. The number of nitrogen functional groups attached to an aromatic ring is 1. The Morgan fingerprint density at radius 3 is 2.63 bits per heavy atom. The summed E-state index contributed by atoms with van der Waals surface area (Å²) >= 11 is 9.29. The van der Waals surface area contributed by atoms with E-state index in [4.69, 9.17) is 40.4 Å². The molecule has 0 aromatic carbocycles. The zero-order chi connectivity index (χ0) is 30.3. The quantitative estimate of drug-likeness (QED) is 0.144. The monoisotopic (exact) mass is 677 g/mol. The number of fused-ring (bicyclic) bond motifs is 5. The van der Waals surface area contributed by atoms with Crippen LogP contribution in [0.5, 0.6) is 0 Å². The molecule has 18 nitrogen and oxygen atoms in total. The number of halogens is 1. The molecule has 2 unspecified atom stereocenters. The molecular weight excluding hydrogens is 655 g/mol. The van der Waals surface area contributed by atoms with Gasteiger partial charge in [0.15, 0.2) is 35.0 Å². The molecule has 23 heteroatoms. The number of nitrogens with one attached hydrogen (secondary N) is 1. The van der Waals surface area contributed by atoms with E-state index in [-0.39, 0.29) is 34.6 Å². The minimum Gasteiger partial charge on any atom is -0.388 e. The van der Waals surface area contributed by atoms with E-state index in [1.807, 2.05) is 0 Å². The molecule has 43 heavy (non-hydrogen) atoms. The van der Waals surface area contributed by atoms with Gasteiger partial charge in [-0.3, -0.25) is 18.4 Å². The second-order valence-corrected chi connectivity index (χ2v) is 15.6. The number of hydrogen-bond acceptors (Lipinski definition) is 15. The number of thiol groups is 1. The first-order valence-electron chi connectivity index (χ1n) is 12.6. The fourth-order valence-electron chi connectivity index (χ4n) is 5.50. The minimum atomic E-state index is -4.42. The summed E-state index contributed by atoms with van der Waals surface area (Å²) in [5, 5.41) is 11.2. The molecule has 1 saturated carbocycles. The smallest absolute Gasteiger partial charge is 0.386 e. The van der Waals surface area contributed by atoms with Crippen molar-refractivity contribution in [2.24, 2.45) is 0 Å². The Hall–Kier alpha value is -2.42. The van der Waals surface area contributed by atoms with Gasteiger partial charge in [0, 0.05) is 6.42 Å². The fraction of sp³-hybridized carbons (Fsp3) is 0.500. The lowest BCUT2D eigenvalue weighted by Crippen LogP contribution is -2.37. The number of aromatic nitrogens is 8. The highest BCUT2D eigenvalue weighted by molar-refractivity contribution is 8.44. The predicted octanol–water partition coefficient (Wildman–Crippen LogP) is 0.523. The van der Waals surface area contributed by atoms with Crippen molar-refractivity contribution in [1.29, 1.82) is 0 Å². The van der Waals surface area contributed by atoms with Crippen molar-refractivity contribution in [3.8, 4) is 0 Å². The molecule has 0 spiro atoms. The summed E-state index contributed by atoms with van der Waals surface area (Å²) < 4.78 is 60.6. The maximum absolute atomic E-state index is 16.0. The summed E-state index contributed by atoms with van der Waals surface area (Å²) in [4.78, 5) is 45.9. The molecule has 10 atom stereocenters. The largest absolute Gasteiger partial charge is 0.388 e. The van der Waals surface area contributed by atoms with Crippen molar-refractivity contribution in [1.82, 2.24) is 39.0 Å². The number of hydrogen-bond donors (Lipinski definition) is 5. The first-order valence-corrected chi connectivity index (χ1v) is 17.9. The maximum Gasteiger partial charge on any atom is 0.386 e. The molecule has 2 bridgehead atoms. The van der Waals surface area contributed by atoms with E-state index in [9.17, 15) is 19.4 Å². The van der Waals surface area contributed by atoms with E-state index in [2.05, 4.69) is 42.2 Å². The Labute approximate surface area is 249 Å². The second-order valence-electron chi connectivity index (χ2n) is 9.96. The van der Waals surface area contributed by atoms with Crippen LogP contribution in [-0.4, -0.2) is 92.3 Å². The lowest BCUT2D eigenvalue weighted by Gasteiger charge is -2.30. The fourth-order valence-corrected chi connectivity index (χ4v) is 8.80. The third-order valence-corrected chi connectivity index (χ3v) is 10.6. The average Bonchev–Trinajstić information content (AvgIpc) is 3.70. The summed E-state index contributed by atoms with van der Waals surface area (Å²) in [7, 11) is 0. The molecule has 3 fully saturated rings. The normalized spacial score (nSPS) is 38.6. The highest BCUT2D eigenvalue weighted by Gasteiger charge is 2.54. The molecule has 1 aliphatic carbocycles. The van der Waals surface area contributed by atoms with Gasteiger partial charge in [-0.1, -0.05) is 12.2 Å². The van der Waals surface area contributed by atoms with Gasteiger partial charge in [-0.2, -0.15) is 0 Å². The highest BCUT2D eigenvalue weighted by atomic mass is 32.7. The third-order valence-electron chi connectivity index (χ3n) is 7.40. The molecule has 5 N–H and O–H groups in total. The van der Waals surface area contributed by atoms with Crippen molar-refractivity contribution in [3.63, 3.8) is 0 Å². The average molecular weight is 678 g/mol. The van der Waals surface area contributed by atoms with E-state index >= 15 is 4.39 Å². The Balaban J connectivity index is 1.22. The van der Waals surface area contributed by atoms with Gasteiger partial charge < -0.3 is 39.1 Å². The number of anilines is 1. The lowest BCUT2D eigenvalue weighted by molar-refractivity contribution is -0.0546. The summed E-state index contributed by atoms with van der Waals surface area (Å²) in [5.41, 5.74) is 5.85. The summed E-state index contributed by atoms with van der Waals surface area (Å²) in [6.45, 7) is -9.16. The SMILES string of the molecule is Nc1ncnc2c1ncn2[C@@H]1O[C@@H]2COP(O)(=S)O[C@@H]3[C@H](O)[C@H](C[C@H]3n3cnc4c(=O)[nH]cnc43)OP(=O)(S)O[C@H]2[C@@H]1F. The van der Waals surface area contributed by atoms with Crippen LogP contribution in [0.4, 0.5) is 10.2 Å². The Morgan fingerprint density at radius 2 is 1.81 bits per heavy atom. The van der Waals surface area contributed by atoms with Gasteiger partial charge in [-0.25, -0.2) is 33.9 Å². The van der Waals surface area contributed by atoms with E-state index in [1.54, 1.807) is 0 Å². The van der Waals surface area contributed by atoms with Crippen molar-refractivity contribution in [3.05, 3.63) is 35.7 Å². The number of aliphatic hydroxyl groups excluding tert-OH is 1. The minimum absolute atomic E-state index is 0.00856. The van der Waals surface area contributed by atoms with Crippen LogP contribution >= 0.6 is 25.8 Å². The molecule has 2 saturated heterocycles. The number of rotatable bonds is 2. The number of ether oxygens (including phenoxy) is 1. The van der Waals surface area contributed by atoms with E-state index in [1.165, 1.54) is 34.4 Å². The number of aromatic amines is 1. The molecule has 4 aromatic rings. The summed E-state index contributed by atoms with van der Waals surface area (Å²) in [6, 6.07) is -0.885. The number of nitrogens with zero attached hydrogens (tertiary/aromatic N) is 7. The van der Waals surface area contributed by atoms with Crippen LogP contribution in [0.2, 0.25) is 0 Å². The van der Waals surface area contributed by atoms with E-state index in [0.29, 0.717) is 0 Å². The Kier molecular flexibility index (Phi) is 7.22. The molecule has 0 amide bonds. The van der Waals surface area contributed by atoms with Crippen molar-refractivity contribution in [2.45, 2.75) is 55.4 Å². The van der Waals surface area contributed by atoms with Gasteiger partial charge >= 0.3 is 13.5 Å². The molecule has 3 aliphatic rings. The molecule has 6 heterocycles. The van der Waals surface area contributed by atoms with Crippen LogP contribution in [-0.2, 0) is 39.2 Å². The highest BCUT2D eigenvalue weighted by Crippen LogP contribution is 2.61. The lowest BCUT2D eigenvalue weighted by atomic mass is 10.1. The van der Waals surface area contributed by atoms with E-state index in [0.717, 1.165) is 0 Å². The number of aliphatic hydroxyl groups is 1. The first-order chi connectivity index (χ1) is 20.4. The van der Waals surface area contributed by atoms with Crippen LogP contribution in [0.1, 0.15) is 18.7 Å². The second kappa shape index (κ2) is 10.6. The Bertz CT molecular complexity index is 1880. The maximum atomic E-state index is 16.0. The molecule has 230 valence electrons. The predicted molar refractivity (Wildman–Crippen MR) is 150 cm³/mol. The van der Waals surface area contributed by atoms with Crippen molar-refractivity contribution in [2.75, 3.05) is 12.3 Å². The molecule has 4 aromatic heterocycles. The van der Waals surface area contributed by atoms with Crippen molar-refractivity contribution < 1.29 is 41.8 Å². The number of imidazole rings is 2. The standard InChI is InChI=1S/C20H22FN9O9P2S2/c21-10-15-9(36-20(10)30-6-27-11-16(22)23-3-24-17(11)30)2-35-40(33,42)38-14-7(1-8(13(14)31)37-41(34,43)39-15)29-5-28-12-18(29)25-4-26-19(12)32/h3-10,13-15,20,31H,1-2H2,(H,33,42)(H,34,43)(H2,22,23,24)(H,25,26,32)/t7-,8+,9-,10+,13-,14+,15-,20-,40?,41?/m1/s1. The zero-order valence-corrected chi connectivity index (χ0v) is 24.9. The van der Waals surface area contributed by atoms with Crippen LogP contribution < -0.4 is 11.3 Å². The van der Waals surface area contributed by atoms with Gasteiger partial charge in [0.25, 0.3) is 5.56 Å². The van der Waals surface area contributed by atoms with Crippen LogP contribution in [0.3, 0.4) is 0 Å². The molecular formula is C20H22FN9O9P2S2. The molecule has 7 rings (SSSR count). The number of nitrogens with two attached hydrogens (primary N) is 1. The molecule has 2 aliphatic heterocycles. The van der Waals surface area contributed by atoms with Gasteiger partial charge in [-0.15, -0.1) is 0 Å². The van der Waals surface area contributed by atoms with Gasteiger partial charge in [0.2, 0.25) is 0 Å². The summed E-state index contributed by atoms with van der Waals surface area (Å²) in [6.07, 6.45) is -5.71.